The molecule has 22 heavy (non-hydrogen) atoms. The molecule has 0 saturated heterocycles. The van der Waals surface area contributed by atoms with Crippen molar-refractivity contribution >= 4 is 5.97 Å². The molecule has 0 bridgehead atoms. The first-order valence-corrected chi connectivity index (χ1v) is 6.40. The van der Waals surface area contributed by atoms with Crippen molar-refractivity contribution in [1.82, 2.24) is 0 Å². The zero-order chi connectivity index (χ0) is 15.2. The van der Waals surface area contributed by atoms with Gasteiger partial charge < -0.3 is 14.6 Å². The van der Waals surface area contributed by atoms with E-state index in [9.17, 15) is 9.90 Å². The largest absolute Gasteiger partial charge is 1.00 e. The van der Waals surface area contributed by atoms with Crippen LogP contribution in [0.4, 0.5) is 0 Å². The van der Waals surface area contributed by atoms with Gasteiger partial charge in [-0.1, -0.05) is 48.7 Å². The number of carbonyl (C=O) groups excluding carboxylic acids is 1. The number of hydrogen-bond acceptors (Lipinski definition) is 4. The van der Waals surface area contributed by atoms with Crippen molar-refractivity contribution in [2.45, 2.75) is 6.92 Å². The predicted octanol–water partition coefficient (Wildman–Crippen LogP) is -0.580. The second-order valence-electron chi connectivity index (χ2n) is 4.37. The number of ether oxygens (including phenoxy) is 2. The fourth-order valence-corrected chi connectivity index (χ4v) is 1.99. The molecule has 108 valence electrons. The van der Waals surface area contributed by atoms with Crippen molar-refractivity contribution in [3.8, 4) is 16.9 Å². The molecule has 0 atom stereocenters. The topological polar surface area (TPSA) is 58.6 Å². The third-order valence-corrected chi connectivity index (χ3v) is 3.08. The van der Waals surface area contributed by atoms with Gasteiger partial charge in [-0.3, -0.25) is 0 Å². The van der Waals surface area contributed by atoms with E-state index in [0.29, 0.717) is 12.0 Å². The molecule has 0 spiro atoms. The van der Waals surface area contributed by atoms with Gasteiger partial charge in [0.05, 0.1) is 7.11 Å². The van der Waals surface area contributed by atoms with Gasteiger partial charge in [-0.25, -0.2) is 4.79 Å². The number of rotatable bonds is 4. The first kappa shape index (κ1) is 18.3. The van der Waals surface area contributed by atoms with E-state index in [-0.39, 0.29) is 35.3 Å². The monoisotopic (exact) mass is 306 g/mol. The van der Waals surface area contributed by atoms with Crippen molar-refractivity contribution in [2.75, 3.05) is 7.11 Å². The van der Waals surface area contributed by atoms with Gasteiger partial charge in [0, 0.05) is 0 Å². The molecule has 0 heterocycles. The molecule has 2 aromatic carbocycles. The van der Waals surface area contributed by atoms with E-state index < -0.39 is 5.97 Å². The van der Waals surface area contributed by atoms with Crippen LogP contribution in [0, 0.1) is 6.92 Å². The van der Waals surface area contributed by atoms with E-state index >= 15 is 0 Å². The number of benzene rings is 2. The normalized spacial score (nSPS) is 10.5. The van der Waals surface area contributed by atoms with Crippen molar-refractivity contribution in [1.29, 1.82) is 0 Å². The van der Waals surface area contributed by atoms with Gasteiger partial charge in [0.15, 0.2) is 5.76 Å². The average molecular weight is 306 g/mol. The van der Waals surface area contributed by atoms with Gasteiger partial charge in [0.1, 0.15) is 5.75 Å². The third kappa shape index (κ3) is 4.13. The maximum Gasteiger partial charge on any atom is 1.00 e. The van der Waals surface area contributed by atoms with Gasteiger partial charge in [0.25, 0.3) is 0 Å². The Balaban J connectivity index is 0.00000242. The minimum Gasteiger partial charge on any atom is -0.875 e. The zero-order valence-electron chi connectivity index (χ0n) is 12.8. The van der Waals surface area contributed by atoms with Crippen molar-refractivity contribution in [2.24, 2.45) is 0 Å². The Labute approximate surface area is 151 Å². The molecule has 2 aromatic rings. The molecule has 4 nitrogen and oxygen atoms in total. The molecule has 0 unspecified atom stereocenters. The Bertz CT molecular complexity index is 666. The predicted molar refractivity (Wildman–Crippen MR) is 77.3 cm³/mol. The van der Waals surface area contributed by atoms with Crippen LogP contribution in [0.5, 0.6) is 5.75 Å². The number of carbonyl (C=O) groups is 1. The van der Waals surface area contributed by atoms with E-state index in [1.807, 2.05) is 49.4 Å². The van der Waals surface area contributed by atoms with Crippen LogP contribution < -0.4 is 39.4 Å². The van der Waals surface area contributed by atoms with E-state index in [4.69, 9.17) is 4.74 Å². The van der Waals surface area contributed by atoms with Gasteiger partial charge in [-0.15, -0.1) is 0 Å². The summed E-state index contributed by atoms with van der Waals surface area (Å²) >= 11 is 0. The molecule has 0 aromatic heterocycles. The summed E-state index contributed by atoms with van der Waals surface area (Å²) in [7, 11) is 1.20. The molecular weight excluding hydrogens is 291 g/mol. The Morgan fingerprint density at radius 1 is 1.09 bits per heavy atom. The molecule has 2 rings (SSSR count). The quantitative estimate of drug-likeness (QED) is 0.328. The fraction of sp³-hybridized carbons (Fsp3) is 0.118. The first-order chi connectivity index (χ1) is 10.2. The SMILES string of the molecule is COC(=O)C(=C[O-])Oc1cccc(-c2ccccc2)c1C.[Na+]. The Morgan fingerprint density at radius 3 is 2.36 bits per heavy atom. The van der Waals surface area contributed by atoms with Crippen LogP contribution in [-0.2, 0) is 9.53 Å². The Kier molecular flexibility index (Phi) is 7.18. The molecule has 0 amide bonds. The smallest absolute Gasteiger partial charge is 0.875 e. The standard InChI is InChI=1S/C17H16O4.Na/c1-12-14(13-7-4-3-5-8-13)9-6-10-15(12)21-16(11-18)17(19)20-2;/h3-11,18H,1-2H3;/q;+1/p-1. The van der Waals surface area contributed by atoms with Crippen LogP contribution in [0.25, 0.3) is 11.1 Å². The van der Waals surface area contributed by atoms with E-state index in [2.05, 4.69) is 4.74 Å². The molecule has 0 N–H and O–H groups in total. The van der Waals surface area contributed by atoms with Crippen molar-refractivity contribution in [3.63, 3.8) is 0 Å². The zero-order valence-corrected chi connectivity index (χ0v) is 14.8. The van der Waals surface area contributed by atoms with Crippen LogP contribution in [-0.4, -0.2) is 13.1 Å². The summed E-state index contributed by atoms with van der Waals surface area (Å²) in [4.78, 5) is 11.4. The van der Waals surface area contributed by atoms with Gasteiger partial charge in [0.2, 0.25) is 0 Å². The van der Waals surface area contributed by atoms with Crippen LogP contribution in [0.3, 0.4) is 0 Å². The summed E-state index contributed by atoms with van der Waals surface area (Å²) < 4.78 is 9.88. The molecule has 0 saturated carbocycles. The van der Waals surface area contributed by atoms with Gasteiger partial charge in [-0.05, 0) is 29.7 Å². The second-order valence-corrected chi connectivity index (χ2v) is 4.37. The number of hydrogen-bond donors (Lipinski definition) is 0. The molecule has 0 aliphatic rings. The fourth-order valence-electron chi connectivity index (χ4n) is 1.99. The third-order valence-electron chi connectivity index (χ3n) is 3.08. The number of methoxy groups -OCH3 is 1. The van der Waals surface area contributed by atoms with Crippen molar-refractivity contribution in [3.05, 3.63) is 66.1 Å². The van der Waals surface area contributed by atoms with E-state index in [1.54, 1.807) is 6.07 Å². The summed E-state index contributed by atoms with van der Waals surface area (Å²) in [6.07, 6.45) is 0.348. The summed E-state index contributed by atoms with van der Waals surface area (Å²) in [5.74, 6) is -0.718. The minimum atomic E-state index is -0.797. The molecule has 0 aliphatic carbocycles. The minimum absolute atomic E-state index is 0. The van der Waals surface area contributed by atoms with Crippen LogP contribution in [0.15, 0.2) is 60.6 Å². The molecule has 0 fully saturated rings. The number of esters is 1. The van der Waals surface area contributed by atoms with Crippen LogP contribution >= 0.6 is 0 Å². The van der Waals surface area contributed by atoms with Crippen LogP contribution in [0.2, 0.25) is 0 Å². The molecule has 0 aliphatic heterocycles. The van der Waals surface area contributed by atoms with E-state index in [0.717, 1.165) is 16.7 Å². The summed E-state index contributed by atoms with van der Waals surface area (Å²) in [5.41, 5.74) is 2.85. The molecule has 5 heteroatoms. The van der Waals surface area contributed by atoms with Crippen molar-refractivity contribution < 1.29 is 48.9 Å². The summed E-state index contributed by atoms with van der Waals surface area (Å²) in [6.45, 7) is 1.87. The van der Waals surface area contributed by atoms with Crippen LogP contribution in [0.1, 0.15) is 5.56 Å². The Hall–Kier alpha value is -1.75. The summed E-state index contributed by atoms with van der Waals surface area (Å²) in [6, 6.07) is 15.3. The second kappa shape index (κ2) is 8.63. The molecular formula is C17H15NaO4. The summed E-state index contributed by atoms with van der Waals surface area (Å²) in [5, 5.41) is 10.9. The average Bonchev–Trinajstić information content (AvgIpc) is 2.54. The molecule has 0 radical (unpaired) electrons. The first-order valence-electron chi connectivity index (χ1n) is 6.40. The maximum absolute atomic E-state index is 11.4. The van der Waals surface area contributed by atoms with Gasteiger partial charge in [-0.2, -0.15) is 0 Å². The van der Waals surface area contributed by atoms with Gasteiger partial charge >= 0.3 is 35.5 Å². The van der Waals surface area contributed by atoms with E-state index in [1.165, 1.54) is 7.11 Å². The Morgan fingerprint density at radius 2 is 1.77 bits per heavy atom. The maximum atomic E-state index is 11.4.